The maximum absolute atomic E-state index is 7.55. The van der Waals surface area contributed by atoms with Gasteiger partial charge in [-0.3, -0.25) is 0 Å². The zero-order valence-electron chi connectivity index (χ0n) is 15.9. The van der Waals surface area contributed by atoms with Crippen LogP contribution in [0.15, 0.2) is 0 Å². The van der Waals surface area contributed by atoms with E-state index in [9.17, 15) is 0 Å². The van der Waals surface area contributed by atoms with Crippen molar-refractivity contribution in [1.82, 2.24) is 0 Å². The molecule has 1 nitrogen and oxygen atoms in total. The Morgan fingerprint density at radius 1 is 0.417 bits per heavy atom. The summed E-state index contributed by atoms with van der Waals surface area (Å²) < 4.78 is 7.55. The van der Waals surface area contributed by atoms with Crippen LogP contribution in [0.4, 0.5) is 0 Å². The van der Waals surface area contributed by atoms with Crippen molar-refractivity contribution in [3.8, 4) is 0 Å². The third kappa shape index (κ3) is 3.52. The van der Waals surface area contributed by atoms with Gasteiger partial charge in [0.1, 0.15) is 0 Å². The molecule has 0 aromatic rings. The van der Waals surface area contributed by atoms with Crippen molar-refractivity contribution in [2.24, 2.45) is 0 Å². The van der Waals surface area contributed by atoms with Crippen molar-refractivity contribution in [3.63, 3.8) is 0 Å². The third-order valence-corrected chi connectivity index (χ3v) is 14.5. The minimum atomic E-state index is -1.61. The summed E-state index contributed by atoms with van der Waals surface area (Å²) in [4.78, 5) is 0. The molecule has 0 aliphatic heterocycles. The molecule has 0 aromatic heterocycles. The van der Waals surface area contributed by atoms with Crippen LogP contribution in [0.1, 0.15) is 116 Å². The lowest BCUT2D eigenvalue weighted by Gasteiger charge is -2.48. The van der Waals surface area contributed by atoms with Gasteiger partial charge in [0, 0.05) is 6.10 Å². The topological polar surface area (TPSA) is 9.23 Å². The van der Waals surface area contributed by atoms with Gasteiger partial charge in [-0.15, -0.1) is 0 Å². The average Bonchev–Trinajstić information content (AvgIpc) is 3.35. The maximum atomic E-state index is 7.55. The summed E-state index contributed by atoms with van der Waals surface area (Å²) in [6, 6.07) is 0. The van der Waals surface area contributed by atoms with Crippen molar-refractivity contribution >= 4 is 8.32 Å². The molecule has 0 heterocycles. The average molecular weight is 349 g/mol. The quantitative estimate of drug-likeness (QED) is 0.369. The Labute approximate surface area is 151 Å². The van der Waals surface area contributed by atoms with Crippen LogP contribution < -0.4 is 0 Å². The van der Waals surface area contributed by atoms with Gasteiger partial charge in [0.2, 0.25) is 8.32 Å². The molecule has 0 spiro atoms. The summed E-state index contributed by atoms with van der Waals surface area (Å²) in [5.74, 6) is 0. The molecule has 0 unspecified atom stereocenters. The van der Waals surface area contributed by atoms with Gasteiger partial charge in [-0.05, 0) is 29.5 Å². The van der Waals surface area contributed by atoms with Gasteiger partial charge in [0.15, 0.2) is 0 Å². The monoisotopic (exact) mass is 348 g/mol. The molecule has 0 bridgehead atoms. The van der Waals surface area contributed by atoms with Gasteiger partial charge < -0.3 is 4.43 Å². The zero-order valence-corrected chi connectivity index (χ0v) is 16.9. The Kier molecular flexibility index (Phi) is 6.04. The minimum Gasteiger partial charge on any atom is -0.413 e. The molecule has 2 heteroatoms. The standard InChI is InChI=1S/C22H40OSi/c1-2-4-12-19(11-3-1)23-24(20-13-5-6-14-20,21-15-7-8-16-21)22-17-9-10-18-22/h19-22H,1-18H2. The second-order valence-corrected chi connectivity index (χ2v) is 13.9. The molecule has 0 radical (unpaired) electrons. The summed E-state index contributed by atoms with van der Waals surface area (Å²) in [5.41, 5.74) is 3.10. The lowest BCUT2D eigenvalue weighted by atomic mass is 10.2. The molecule has 24 heavy (non-hydrogen) atoms. The number of hydrogen-bond acceptors (Lipinski definition) is 1. The van der Waals surface area contributed by atoms with Crippen LogP contribution in [0.2, 0.25) is 16.6 Å². The third-order valence-electron chi connectivity index (χ3n) is 8.15. The first-order chi connectivity index (χ1) is 11.9. The summed E-state index contributed by atoms with van der Waals surface area (Å²) in [7, 11) is -1.61. The number of rotatable bonds is 5. The molecule has 4 aliphatic carbocycles. The van der Waals surface area contributed by atoms with Crippen LogP contribution in [-0.2, 0) is 4.43 Å². The van der Waals surface area contributed by atoms with E-state index in [2.05, 4.69) is 0 Å². The maximum Gasteiger partial charge on any atom is 0.202 e. The Hall–Kier alpha value is 0.177. The van der Waals surface area contributed by atoms with Crippen LogP contribution in [0.5, 0.6) is 0 Å². The van der Waals surface area contributed by atoms with Crippen molar-refractivity contribution in [3.05, 3.63) is 0 Å². The molecule has 4 rings (SSSR count). The van der Waals surface area contributed by atoms with Crippen LogP contribution in [0, 0.1) is 0 Å². The van der Waals surface area contributed by atoms with E-state index in [1.54, 1.807) is 0 Å². The molecule has 4 fully saturated rings. The highest BCUT2D eigenvalue weighted by molar-refractivity contribution is 6.78. The fourth-order valence-corrected chi connectivity index (χ4v) is 14.4. The van der Waals surface area contributed by atoms with Crippen LogP contribution in [-0.4, -0.2) is 14.4 Å². The van der Waals surface area contributed by atoms with Crippen molar-refractivity contribution in [2.75, 3.05) is 0 Å². The second kappa shape index (κ2) is 8.25. The van der Waals surface area contributed by atoms with Crippen molar-refractivity contribution < 1.29 is 4.43 Å². The molecule has 0 amide bonds. The van der Waals surface area contributed by atoms with Crippen LogP contribution >= 0.6 is 0 Å². The van der Waals surface area contributed by atoms with Gasteiger partial charge in [-0.2, -0.15) is 0 Å². The fourth-order valence-electron chi connectivity index (χ4n) is 7.07. The van der Waals surface area contributed by atoms with Crippen LogP contribution in [0.25, 0.3) is 0 Å². The van der Waals surface area contributed by atoms with E-state index in [1.165, 1.54) is 116 Å². The molecule has 0 saturated heterocycles. The van der Waals surface area contributed by atoms with Crippen molar-refractivity contribution in [1.29, 1.82) is 0 Å². The van der Waals surface area contributed by atoms with E-state index in [1.807, 2.05) is 0 Å². The van der Waals surface area contributed by atoms with E-state index in [0.717, 1.165) is 16.6 Å². The first-order valence-electron chi connectivity index (χ1n) is 11.6. The van der Waals surface area contributed by atoms with E-state index < -0.39 is 8.32 Å². The predicted molar refractivity (Wildman–Crippen MR) is 105 cm³/mol. The predicted octanol–water partition coefficient (Wildman–Crippen LogP) is 7.50. The van der Waals surface area contributed by atoms with Crippen molar-refractivity contribution in [2.45, 2.75) is 138 Å². The highest BCUT2D eigenvalue weighted by atomic mass is 28.4. The molecular formula is C22H40OSi. The molecule has 4 aliphatic rings. The molecule has 0 atom stereocenters. The summed E-state index contributed by atoms with van der Waals surface area (Å²) >= 11 is 0. The highest BCUT2D eigenvalue weighted by Crippen LogP contribution is 2.59. The van der Waals surface area contributed by atoms with Gasteiger partial charge >= 0.3 is 0 Å². The van der Waals surface area contributed by atoms with Gasteiger partial charge in [0.25, 0.3) is 0 Å². The van der Waals surface area contributed by atoms with E-state index in [0.29, 0.717) is 6.10 Å². The van der Waals surface area contributed by atoms with Crippen LogP contribution in [0.3, 0.4) is 0 Å². The molecule has 0 aromatic carbocycles. The zero-order chi connectivity index (χ0) is 16.2. The summed E-state index contributed by atoms with van der Waals surface area (Å²) in [6.07, 6.45) is 27.5. The van der Waals surface area contributed by atoms with Gasteiger partial charge in [0.05, 0.1) is 0 Å². The van der Waals surface area contributed by atoms with E-state index in [-0.39, 0.29) is 0 Å². The normalized spacial score (nSPS) is 29.5. The molecule has 0 N–H and O–H groups in total. The Morgan fingerprint density at radius 2 is 0.750 bits per heavy atom. The SMILES string of the molecule is C1CCCC(O[Si](C2CCCC2)(C2CCCC2)C2CCCC2)CC1. The minimum absolute atomic E-state index is 0.654. The van der Waals surface area contributed by atoms with E-state index in [4.69, 9.17) is 4.43 Å². The smallest absolute Gasteiger partial charge is 0.202 e. The largest absolute Gasteiger partial charge is 0.413 e. The Bertz CT molecular complexity index is 329. The fraction of sp³-hybridized carbons (Fsp3) is 1.00. The summed E-state index contributed by atoms with van der Waals surface area (Å²) in [6.45, 7) is 0. The summed E-state index contributed by atoms with van der Waals surface area (Å²) in [5, 5.41) is 0. The lowest BCUT2D eigenvalue weighted by molar-refractivity contribution is 0.152. The first-order valence-corrected chi connectivity index (χ1v) is 13.7. The highest BCUT2D eigenvalue weighted by Gasteiger charge is 2.56. The Morgan fingerprint density at radius 3 is 1.12 bits per heavy atom. The second-order valence-electron chi connectivity index (χ2n) is 9.53. The van der Waals surface area contributed by atoms with Gasteiger partial charge in [-0.1, -0.05) is 103 Å². The van der Waals surface area contributed by atoms with E-state index >= 15 is 0 Å². The van der Waals surface area contributed by atoms with Gasteiger partial charge in [-0.25, -0.2) is 0 Å². The first kappa shape index (κ1) is 17.6. The number of hydrogen-bond donors (Lipinski definition) is 0. The molecule has 4 saturated carbocycles. The molecular weight excluding hydrogens is 308 g/mol. The lowest BCUT2D eigenvalue weighted by Crippen LogP contribution is -2.52. The Balaban J connectivity index is 1.62. The molecule has 138 valence electrons.